The normalized spacial score (nSPS) is 21.3. The molecule has 0 saturated carbocycles. The van der Waals surface area contributed by atoms with Gasteiger partial charge in [0.25, 0.3) is 0 Å². The second kappa shape index (κ2) is 7.06. The van der Waals surface area contributed by atoms with E-state index < -0.39 is 0 Å². The molecule has 1 aliphatic heterocycles. The Morgan fingerprint density at radius 1 is 1.61 bits per heavy atom. The predicted octanol–water partition coefficient (Wildman–Crippen LogP) is 0.866. The molecule has 2 unspecified atom stereocenters. The van der Waals surface area contributed by atoms with Crippen molar-refractivity contribution in [2.75, 3.05) is 26.0 Å². The summed E-state index contributed by atoms with van der Waals surface area (Å²) in [4.78, 5) is 0. The Kier molecular flexibility index (Phi) is 5.40. The first-order valence-corrected chi connectivity index (χ1v) is 7.46. The molecule has 1 aromatic heterocycles. The van der Waals surface area contributed by atoms with E-state index in [1.54, 1.807) is 7.11 Å². The summed E-state index contributed by atoms with van der Waals surface area (Å²) in [6.07, 6.45) is 2.59. The van der Waals surface area contributed by atoms with E-state index in [2.05, 4.69) is 27.8 Å². The van der Waals surface area contributed by atoms with Crippen LogP contribution in [0.4, 0.5) is 0 Å². The monoisotopic (exact) mass is 271 g/mol. The van der Waals surface area contributed by atoms with E-state index in [0.29, 0.717) is 11.9 Å². The largest absolute Gasteiger partial charge is 0.383 e. The first-order valence-electron chi connectivity index (χ1n) is 6.41. The number of thioether (sulfide) groups is 1. The van der Waals surface area contributed by atoms with Gasteiger partial charge in [-0.15, -0.1) is 5.10 Å². The van der Waals surface area contributed by atoms with Crippen LogP contribution >= 0.6 is 11.8 Å². The lowest BCUT2D eigenvalue weighted by molar-refractivity contribution is 0.195. The van der Waals surface area contributed by atoms with E-state index in [9.17, 15) is 0 Å². The second-order valence-electron chi connectivity index (χ2n) is 4.52. The van der Waals surface area contributed by atoms with Gasteiger partial charge >= 0.3 is 0 Å². The predicted molar refractivity (Wildman–Crippen MR) is 71.6 cm³/mol. The van der Waals surface area contributed by atoms with Crippen LogP contribution in [0.2, 0.25) is 0 Å². The van der Waals surface area contributed by atoms with Crippen molar-refractivity contribution in [3.05, 3.63) is 5.82 Å². The lowest BCUT2D eigenvalue weighted by Crippen LogP contribution is -2.26. The molecule has 2 rings (SSSR count). The van der Waals surface area contributed by atoms with Gasteiger partial charge in [0.2, 0.25) is 0 Å². The van der Waals surface area contributed by atoms with Crippen LogP contribution in [-0.4, -0.2) is 51.5 Å². The van der Waals surface area contributed by atoms with E-state index in [1.807, 2.05) is 16.4 Å². The summed E-state index contributed by atoms with van der Waals surface area (Å²) in [6, 6.07) is 0.154. The smallest absolute Gasteiger partial charge is 0.167 e. The number of nitrogens with zero attached hydrogens (tertiary/aromatic N) is 4. The molecule has 2 atom stereocenters. The van der Waals surface area contributed by atoms with Crippen molar-refractivity contribution in [3.8, 4) is 0 Å². The van der Waals surface area contributed by atoms with Gasteiger partial charge in [0.05, 0.1) is 19.2 Å². The van der Waals surface area contributed by atoms with Gasteiger partial charge in [-0.05, 0) is 35.9 Å². The van der Waals surface area contributed by atoms with Gasteiger partial charge in [-0.2, -0.15) is 11.8 Å². The van der Waals surface area contributed by atoms with Crippen molar-refractivity contribution >= 4 is 11.8 Å². The average Bonchev–Trinajstić information content (AvgIpc) is 3.01. The van der Waals surface area contributed by atoms with Gasteiger partial charge in [0.15, 0.2) is 5.82 Å². The van der Waals surface area contributed by atoms with Gasteiger partial charge in [-0.3, -0.25) is 0 Å². The molecule has 1 saturated heterocycles. The van der Waals surface area contributed by atoms with E-state index in [-0.39, 0.29) is 6.04 Å². The fourth-order valence-corrected chi connectivity index (χ4v) is 3.35. The number of hydrogen-bond donors (Lipinski definition) is 1. The average molecular weight is 271 g/mol. The number of methoxy groups -OCH3 is 1. The summed E-state index contributed by atoms with van der Waals surface area (Å²) < 4.78 is 6.96. The standard InChI is InChI=1S/C11H21N5OS/c1-9(12-5-6-17-2)11-13-14-15-16(11)8-10-4-3-7-18-10/h9-10,12H,3-8H2,1-2H3. The number of rotatable bonds is 7. The minimum atomic E-state index is 0.154. The molecule has 1 N–H and O–H groups in total. The molecule has 1 aromatic rings. The van der Waals surface area contributed by atoms with Crippen LogP contribution in [0.5, 0.6) is 0 Å². The van der Waals surface area contributed by atoms with Gasteiger partial charge in [-0.25, -0.2) is 4.68 Å². The SMILES string of the molecule is COCCNC(C)c1nnnn1CC1CCCS1. The summed E-state index contributed by atoms with van der Waals surface area (Å²) >= 11 is 2.03. The summed E-state index contributed by atoms with van der Waals surface area (Å²) in [6.45, 7) is 4.51. The fraction of sp³-hybridized carbons (Fsp3) is 0.909. The van der Waals surface area contributed by atoms with Gasteiger partial charge in [0, 0.05) is 18.9 Å². The molecule has 7 heteroatoms. The molecule has 1 aliphatic rings. The summed E-state index contributed by atoms with van der Waals surface area (Å²) in [5, 5.41) is 16.0. The van der Waals surface area contributed by atoms with Crippen molar-refractivity contribution < 1.29 is 4.74 Å². The third-order valence-electron chi connectivity index (χ3n) is 3.10. The molecule has 18 heavy (non-hydrogen) atoms. The molecule has 0 bridgehead atoms. The van der Waals surface area contributed by atoms with Crippen LogP contribution in [0.25, 0.3) is 0 Å². The molecule has 0 spiro atoms. The Hall–Kier alpha value is -0.660. The summed E-state index contributed by atoms with van der Waals surface area (Å²) in [5.74, 6) is 2.18. The highest BCUT2D eigenvalue weighted by Crippen LogP contribution is 2.27. The van der Waals surface area contributed by atoms with E-state index in [4.69, 9.17) is 4.74 Å². The maximum Gasteiger partial charge on any atom is 0.167 e. The summed E-state index contributed by atoms with van der Waals surface area (Å²) in [5.41, 5.74) is 0. The highest BCUT2D eigenvalue weighted by atomic mass is 32.2. The van der Waals surface area contributed by atoms with E-state index in [1.165, 1.54) is 18.6 Å². The van der Waals surface area contributed by atoms with Crippen LogP contribution in [0.1, 0.15) is 31.6 Å². The molecule has 0 aromatic carbocycles. The fourth-order valence-electron chi connectivity index (χ4n) is 2.10. The highest BCUT2D eigenvalue weighted by Gasteiger charge is 2.20. The number of aromatic nitrogens is 4. The lowest BCUT2D eigenvalue weighted by atomic mass is 10.2. The lowest BCUT2D eigenvalue weighted by Gasteiger charge is -2.15. The van der Waals surface area contributed by atoms with Gasteiger partial charge in [0.1, 0.15) is 0 Å². The van der Waals surface area contributed by atoms with Gasteiger partial charge in [-0.1, -0.05) is 0 Å². The van der Waals surface area contributed by atoms with Crippen LogP contribution in [-0.2, 0) is 11.3 Å². The maximum atomic E-state index is 5.02. The topological polar surface area (TPSA) is 64.9 Å². The quantitative estimate of drug-likeness (QED) is 0.742. The molecular weight excluding hydrogens is 250 g/mol. The number of hydrogen-bond acceptors (Lipinski definition) is 6. The highest BCUT2D eigenvalue weighted by molar-refractivity contribution is 8.00. The minimum Gasteiger partial charge on any atom is -0.383 e. The molecule has 1 fully saturated rings. The van der Waals surface area contributed by atoms with Crippen molar-refractivity contribution in [2.24, 2.45) is 0 Å². The van der Waals surface area contributed by atoms with Crippen LogP contribution in [0, 0.1) is 0 Å². The Bertz CT molecular complexity index is 353. The van der Waals surface area contributed by atoms with Gasteiger partial charge < -0.3 is 10.1 Å². The zero-order chi connectivity index (χ0) is 12.8. The van der Waals surface area contributed by atoms with Crippen molar-refractivity contribution in [1.82, 2.24) is 25.5 Å². The number of nitrogens with one attached hydrogen (secondary N) is 1. The molecule has 6 nitrogen and oxygen atoms in total. The number of ether oxygens (including phenoxy) is 1. The summed E-state index contributed by atoms with van der Waals surface area (Å²) in [7, 11) is 1.70. The first-order chi connectivity index (χ1) is 8.81. The molecule has 2 heterocycles. The number of tetrazole rings is 1. The van der Waals surface area contributed by atoms with Crippen molar-refractivity contribution in [1.29, 1.82) is 0 Å². The third kappa shape index (κ3) is 3.66. The van der Waals surface area contributed by atoms with E-state index in [0.717, 1.165) is 18.9 Å². The molecule has 0 aliphatic carbocycles. The molecule has 0 amide bonds. The molecule has 102 valence electrons. The zero-order valence-corrected chi connectivity index (χ0v) is 11.8. The molecule has 0 radical (unpaired) electrons. The zero-order valence-electron chi connectivity index (χ0n) is 11.0. The van der Waals surface area contributed by atoms with Crippen molar-refractivity contribution in [2.45, 2.75) is 37.6 Å². The van der Waals surface area contributed by atoms with Crippen LogP contribution in [0.3, 0.4) is 0 Å². The van der Waals surface area contributed by atoms with Crippen LogP contribution in [0.15, 0.2) is 0 Å². The minimum absolute atomic E-state index is 0.154. The third-order valence-corrected chi connectivity index (χ3v) is 4.48. The second-order valence-corrected chi connectivity index (χ2v) is 5.93. The Balaban J connectivity index is 1.89. The Morgan fingerprint density at radius 3 is 3.22 bits per heavy atom. The Labute approximate surface area is 112 Å². The van der Waals surface area contributed by atoms with Crippen LogP contribution < -0.4 is 5.32 Å². The first kappa shape index (κ1) is 13.8. The maximum absolute atomic E-state index is 5.02. The molecular formula is C11H21N5OS. The van der Waals surface area contributed by atoms with Crippen molar-refractivity contribution in [3.63, 3.8) is 0 Å². The van der Waals surface area contributed by atoms with E-state index >= 15 is 0 Å². The Morgan fingerprint density at radius 2 is 2.50 bits per heavy atom.